The molecule has 0 saturated carbocycles. The topological polar surface area (TPSA) is 117 Å². The van der Waals surface area contributed by atoms with Crippen LogP contribution in [0.3, 0.4) is 0 Å². The third kappa shape index (κ3) is 4.85. The Bertz CT molecular complexity index is 1110. The van der Waals surface area contributed by atoms with E-state index < -0.39 is 27.3 Å². The smallest absolute Gasteiger partial charge is 0.284 e. The molecule has 2 atom stereocenters. The zero-order valence-corrected chi connectivity index (χ0v) is 18.7. The second kappa shape index (κ2) is 9.13. The maximum Gasteiger partial charge on any atom is 0.284 e. The molecular weight excluding hydrogens is 464 g/mol. The van der Waals surface area contributed by atoms with Crippen LogP contribution < -0.4 is 15.5 Å². The van der Waals surface area contributed by atoms with E-state index in [9.17, 15) is 17.4 Å². The summed E-state index contributed by atoms with van der Waals surface area (Å²) in [6.45, 7) is 0.482. The van der Waals surface area contributed by atoms with Crippen LogP contribution in [0.4, 0.5) is 11.4 Å². The van der Waals surface area contributed by atoms with Gasteiger partial charge >= 0.3 is 0 Å². The molecule has 2 heterocycles. The second-order valence-corrected chi connectivity index (χ2v) is 10.4. The van der Waals surface area contributed by atoms with E-state index in [0.29, 0.717) is 34.9 Å². The van der Waals surface area contributed by atoms with E-state index in [4.69, 9.17) is 15.9 Å². The fourth-order valence-corrected chi connectivity index (χ4v) is 5.83. The highest BCUT2D eigenvalue weighted by atomic mass is 35.5. The van der Waals surface area contributed by atoms with Crippen molar-refractivity contribution in [2.75, 3.05) is 16.7 Å². The number of nitrogens with one attached hydrogen (secondary N) is 3. The Morgan fingerprint density at radius 3 is 2.68 bits per heavy atom. The minimum absolute atomic E-state index is 0.0362. The molecule has 1 fully saturated rings. The van der Waals surface area contributed by atoms with E-state index in [1.165, 1.54) is 28.6 Å². The summed E-state index contributed by atoms with van der Waals surface area (Å²) in [5, 5.41) is 3.22. The molecule has 4 rings (SSSR count). The van der Waals surface area contributed by atoms with Crippen LogP contribution in [-0.2, 0) is 36.9 Å². The fraction of sp³-hybridized carbons (Fsp3) is 0.316. The summed E-state index contributed by atoms with van der Waals surface area (Å²) in [5.74, 6) is -0.317. The number of halogens is 1. The maximum atomic E-state index is 13.6. The van der Waals surface area contributed by atoms with Crippen molar-refractivity contribution >= 4 is 50.2 Å². The van der Waals surface area contributed by atoms with Gasteiger partial charge in [-0.05, 0) is 61.2 Å². The van der Waals surface area contributed by atoms with Crippen molar-refractivity contribution in [1.82, 2.24) is 9.62 Å². The number of benzene rings is 2. The summed E-state index contributed by atoms with van der Waals surface area (Å²) in [6, 6.07) is 10.1. The number of fused-ring (bicyclic) bond motifs is 1. The third-order valence-corrected chi connectivity index (χ3v) is 7.86. The predicted octanol–water partition coefficient (Wildman–Crippen LogP) is 2.55. The highest BCUT2D eigenvalue weighted by molar-refractivity contribution is 7.89. The zero-order valence-electron chi connectivity index (χ0n) is 16.3. The molecule has 3 N–H and O–H groups in total. The predicted molar refractivity (Wildman–Crippen MR) is 118 cm³/mol. The molecule has 2 aromatic rings. The van der Waals surface area contributed by atoms with Crippen molar-refractivity contribution in [3.05, 3.63) is 53.1 Å². The third-order valence-electron chi connectivity index (χ3n) is 5.12. The van der Waals surface area contributed by atoms with Gasteiger partial charge in [-0.3, -0.25) is 9.52 Å². The minimum Gasteiger partial charge on any atom is -0.355 e. The maximum absolute atomic E-state index is 13.6. The first-order chi connectivity index (χ1) is 14.8. The lowest BCUT2D eigenvalue weighted by atomic mass is 10.1. The van der Waals surface area contributed by atoms with Gasteiger partial charge in [-0.2, -0.15) is 8.59 Å². The van der Waals surface area contributed by atoms with Crippen molar-refractivity contribution in [2.24, 2.45) is 0 Å². The molecule has 0 spiro atoms. The van der Waals surface area contributed by atoms with Gasteiger partial charge in [-0.1, -0.05) is 17.7 Å². The fourth-order valence-electron chi connectivity index (χ4n) is 3.54. The molecule has 1 amide bonds. The molecule has 2 aromatic carbocycles. The zero-order chi connectivity index (χ0) is 22.0. The Balaban J connectivity index is 1.72. The van der Waals surface area contributed by atoms with Crippen LogP contribution in [-0.4, -0.2) is 35.4 Å². The Kier molecular flexibility index (Phi) is 6.49. The molecule has 2 aliphatic rings. The molecule has 0 aromatic heterocycles. The lowest BCUT2D eigenvalue weighted by Gasteiger charge is -2.29. The first kappa shape index (κ1) is 22.0. The molecule has 1 unspecified atom stereocenters. The molecular formula is C19H21ClN4O5S2. The Morgan fingerprint density at radius 2 is 1.90 bits per heavy atom. The summed E-state index contributed by atoms with van der Waals surface area (Å²) in [4.78, 5) is 12.8. The number of carbonyl (C=O) groups excluding carboxylic acids is 1. The highest BCUT2D eigenvalue weighted by Crippen LogP contribution is 2.30. The van der Waals surface area contributed by atoms with Crippen molar-refractivity contribution in [2.45, 2.75) is 36.7 Å². The summed E-state index contributed by atoms with van der Waals surface area (Å²) in [6.07, 6.45) is 1.93. The lowest BCUT2D eigenvalue weighted by Crippen LogP contribution is -2.48. The van der Waals surface area contributed by atoms with Crippen molar-refractivity contribution < 1.29 is 21.7 Å². The molecule has 0 bridgehead atoms. The van der Waals surface area contributed by atoms with Crippen LogP contribution in [0.1, 0.15) is 24.8 Å². The number of nitrogens with zero attached hydrogens (tertiary/aromatic N) is 1. The molecule has 12 heteroatoms. The summed E-state index contributed by atoms with van der Waals surface area (Å²) in [7, 11) is -4.00. The molecule has 0 radical (unpaired) electrons. The summed E-state index contributed by atoms with van der Waals surface area (Å²) < 4.78 is 47.4. The molecule has 0 aliphatic carbocycles. The standard InChI is InChI=1S/C19H21ClN4O5S2/c20-14-5-7-15(8-6-14)31(27,28)24(18-3-1-2-10-21-19(18)25)12-13-4-9-16-17(11-13)23-30(26)29-22-16/h4-9,11,18,22-23H,1-3,10,12H2,(H,21,25)/t18-,30?/m1/s1. The van der Waals surface area contributed by atoms with E-state index in [1.807, 2.05) is 0 Å². The minimum atomic E-state index is -4.00. The van der Waals surface area contributed by atoms with Gasteiger partial charge in [0.1, 0.15) is 6.04 Å². The van der Waals surface area contributed by atoms with E-state index in [1.54, 1.807) is 18.2 Å². The highest BCUT2D eigenvalue weighted by Gasteiger charge is 2.36. The molecule has 31 heavy (non-hydrogen) atoms. The average Bonchev–Trinajstić information content (AvgIpc) is 2.96. The van der Waals surface area contributed by atoms with Crippen LogP contribution >= 0.6 is 11.6 Å². The van der Waals surface area contributed by atoms with Crippen molar-refractivity contribution in [3.8, 4) is 0 Å². The van der Waals surface area contributed by atoms with Gasteiger partial charge in [-0.25, -0.2) is 18.1 Å². The first-order valence-corrected chi connectivity index (χ1v) is 12.5. The molecule has 166 valence electrons. The van der Waals surface area contributed by atoms with Gasteiger partial charge in [0.15, 0.2) is 0 Å². The van der Waals surface area contributed by atoms with Crippen LogP contribution in [0.15, 0.2) is 47.4 Å². The van der Waals surface area contributed by atoms with Gasteiger partial charge in [0.25, 0.3) is 11.3 Å². The quantitative estimate of drug-likeness (QED) is 0.600. The van der Waals surface area contributed by atoms with Crippen LogP contribution in [0.2, 0.25) is 5.02 Å². The number of hydrogen-bond acceptors (Lipinski definition) is 6. The molecule has 1 saturated heterocycles. The summed E-state index contributed by atoms with van der Waals surface area (Å²) in [5.41, 5.74) is 4.27. The normalized spacial score (nSPS) is 21.4. The largest absolute Gasteiger partial charge is 0.355 e. The number of hydrogen-bond donors (Lipinski definition) is 3. The number of rotatable bonds is 5. The van der Waals surface area contributed by atoms with Crippen LogP contribution in [0.5, 0.6) is 0 Å². The van der Waals surface area contributed by atoms with Crippen LogP contribution in [0, 0.1) is 0 Å². The van der Waals surface area contributed by atoms with E-state index in [-0.39, 0.29) is 17.3 Å². The Hall–Kier alpha value is -2.18. The van der Waals surface area contributed by atoms with E-state index in [0.717, 1.165) is 12.8 Å². The van der Waals surface area contributed by atoms with Gasteiger partial charge in [0.05, 0.1) is 16.3 Å². The number of amides is 1. The lowest BCUT2D eigenvalue weighted by molar-refractivity contribution is -0.124. The first-order valence-electron chi connectivity index (χ1n) is 9.64. The van der Waals surface area contributed by atoms with Crippen LogP contribution in [0.25, 0.3) is 0 Å². The molecule has 9 nitrogen and oxygen atoms in total. The Morgan fingerprint density at radius 1 is 1.13 bits per heavy atom. The number of carbonyl (C=O) groups is 1. The monoisotopic (exact) mass is 484 g/mol. The Labute approximate surface area is 187 Å². The summed E-state index contributed by atoms with van der Waals surface area (Å²) >= 11 is 4.17. The van der Waals surface area contributed by atoms with Gasteiger partial charge in [0.2, 0.25) is 15.9 Å². The van der Waals surface area contributed by atoms with Gasteiger partial charge in [-0.15, -0.1) is 0 Å². The average molecular weight is 485 g/mol. The van der Waals surface area contributed by atoms with E-state index >= 15 is 0 Å². The van der Waals surface area contributed by atoms with Crippen molar-refractivity contribution in [1.29, 1.82) is 0 Å². The van der Waals surface area contributed by atoms with E-state index in [2.05, 4.69) is 15.5 Å². The SMILES string of the molecule is O=C1NCCCC[C@H]1N(Cc1ccc2c(c1)NS(=O)ON2)S(=O)(=O)c1ccc(Cl)cc1. The molecule has 2 aliphatic heterocycles. The van der Waals surface area contributed by atoms with Crippen molar-refractivity contribution in [3.63, 3.8) is 0 Å². The van der Waals surface area contributed by atoms with Gasteiger partial charge in [0, 0.05) is 18.1 Å². The second-order valence-electron chi connectivity index (χ2n) is 7.21. The number of anilines is 2. The number of sulfonamides is 1. The van der Waals surface area contributed by atoms with Gasteiger partial charge < -0.3 is 5.32 Å².